The van der Waals surface area contributed by atoms with Crippen LogP contribution >= 0.6 is 24.8 Å². The normalized spacial score (nSPS) is 13.4. The molecule has 1 aliphatic heterocycles. The Kier molecular flexibility index (Phi) is 10.2. The lowest BCUT2D eigenvalue weighted by atomic mass is 10.1. The molecule has 4 aromatic rings. The molecule has 0 unspecified atom stereocenters. The lowest BCUT2D eigenvalue weighted by molar-refractivity contribution is 0.243. The third kappa shape index (κ3) is 6.15. The Morgan fingerprint density at radius 1 is 0.943 bits per heavy atom. The average Bonchev–Trinajstić information content (AvgIpc) is 3.32. The van der Waals surface area contributed by atoms with Crippen LogP contribution in [0.4, 0.5) is 5.69 Å². The summed E-state index contributed by atoms with van der Waals surface area (Å²) in [7, 11) is 3.79. The molecule has 2 heterocycles. The second-order valence-electron chi connectivity index (χ2n) is 7.95. The second kappa shape index (κ2) is 12.6. The molecule has 0 saturated carbocycles. The summed E-state index contributed by atoms with van der Waals surface area (Å²) in [6.45, 7) is 4.38. The number of hydrogen-bond acceptors (Lipinski definition) is 7. The predicted octanol–water partition coefficient (Wildman–Crippen LogP) is 4.25. The van der Waals surface area contributed by atoms with Gasteiger partial charge in [-0.1, -0.05) is 35.5 Å². The van der Waals surface area contributed by atoms with Crippen molar-refractivity contribution < 1.29 is 19.5 Å². The highest BCUT2D eigenvalue weighted by Gasteiger charge is 2.17. The van der Waals surface area contributed by atoms with E-state index < -0.39 is 0 Å². The summed E-state index contributed by atoms with van der Waals surface area (Å²) < 4.78 is 16.8. The van der Waals surface area contributed by atoms with Gasteiger partial charge in [0.1, 0.15) is 11.5 Å². The van der Waals surface area contributed by atoms with E-state index in [-0.39, 0.29) is 36.9 Å². The molecule has 2 N–H and O–H groups in total. The minimum Gasteiger partial charge on any atom is -0.496 e. The zero-order chi connectivity index (χ0) is 21.9. The van der Waals surface area contributed by atoms with Crippen LogP contribution in [-0.2, 0) is 6.61 Å². The number of aromatic nitrogens is 2. The van der Waals surface area contributed by atoms with E-state index in [4.69, 9.17) is 14.0 Å². The largest absolute Gasteiger partial charge is 0.496 e. The van der Waals surface area contributed by atoms with Crippen molar-refractivity contribution in [2.75, 3.05) is 45.2 Å². The van der Waals surface area contributed by atoms with Gasteiger partial charge in [-0.3, -0.25) is 0 Å². The van der Waals surface area contributed by atoms with Gasteiger partial charge in [-0.15, -0.1) is 24.8 Å². The number of hydrogen-bond donors (Lipinski definition) is 0. The first kappa shape index (κ1) is 28.2. The molecule has 0 spiro atoms. The maximum Gasteiger partial charge on any atom is 0.264 e. The van der Waals surface area contributed by atoms with Gasteiger partial charge in [0, 0.05) is 37.3 Å². The zero-order valence-corrected chi connectivity index (χ0v) is 21.3. The van der Waals surface area contributed by atoms with E-state index in [2.05, 4.69) is 57.3 Å². The molecule has 8 nitrogen and oxygen atoms in total. The van der Waals surface area contributed by atoms with E-state index in [1.807, 2.05) is 30.3 Å². The molecule has 1 aromatic heterocycles. The zero-order valence-electron chi connectivity index (χ0n) is 19.6. The van der Waals surface area contributed by atoms with Crippen molar-refractivity contribution in [2.24, 2.45) is 0 Å². The first-order valence-electron chi connectivity index (χ1n) is 10.8. The Bertz CT molecular complexity index is 1230. The molecular formula is C25H30Cl2N4O4. The van der Waals surface area contributed by atoms with Gasteiger partial charge in [-0.2, -0.15) is 4.98 Å². The molecular weight excluding hydrogens is 491 g/mol. The fourth-order valence-corrected chi connectivity index (χ4v) is 4.05. The monoisotopic (exact) mass is 520 g/mol. The lowest BCUT2D eigenvalue weighted by Gasteiger charge is -2.34. The Morgan fingerprint density at radius 3 is 2.49 bits per heavy atom. The van der Waals surface area contributed by atoms with E-state index in [1.54, 1.807) is 7.11 Å². The molecule has 1 saturated heterocycles. The number of anilines is 1. The van der Waals surface area contributed by atoms with Gasteiger partial charge in [0.05, 0.1) is 12.7 Å². The number of rotatable bonds is 6. The Hall–Kier alpha value is -3.04. The highest BCUT2D eigenvalue weighted by atomic mass is 35.5. The summed E-state index contributed by atoms with van der Waals surface area (Å²) in [5, 5.41) is 6.47. The van der Waals surface area contributed by atoms with Crippen LogP contribution in [0.25, 0.3) is 22.2 Å². The number of piperazine rings is 1. The van der Waals surface area contributed by atoms with Crippen LogP contribution in [0.1, 0.15) is 5.89 Å². The Morgan fingerprint density at radius 2 is 1.71 bits per heavy atom. The maximum absolute atomic E-state index is 6.01. The summed E-state index contributed by atoms with van der Waals surface area (Å²) in [5.74, 6) is 2.37. The Labute approximate surface area is 216 Å². The van der Waals surface area contributed by atoms with Gasteiger partial charge in [0.2, 0.25) is 5.82 Å². The van der Waals surface area contributed by atoms with E-state index in [9.17, 15) is 0 Å². The summed E-state index contributed by atoms with van der Waals surface area (Å²) >= 11 is 0. The van der Waals surface area contributed by atoms with Crippen molar-refractivity contribution in [1.29, 1.82) is 0 Å². The minimum absolute atomic E-state index is 0. The Balaban J connectivity index is 0.00000144. The molecule has 0 atom stereocenters. The number of fused-ring (bicyclic) bond motifs is 1. The summed E-state index contributed by atoms with van der Waals surface area (Å²) in [4.78, 5) is 9.28. The summed E-state index contributed by atoms with van der Waals surface area (Å²) in [6, 6.07) is 20.2. The van der Waals surface area contributed by atoms with Crippen LogP contribution in [0, 0.1) is 0 Å². The van der Waals surface area contributed by atoms with E-state index in [0.717, 1.165) is 37.5 Å². The van der Waals surface area contributed by atoms with Gasteiger partial charge in [0.15, 0.2) is 6.61 Å². The smallest absolute Gasteiger partial charge is 0.264 e. The van der Waals surface area contributed by atoms with E-state index >= 15 is 0 Å². The van der Waals surface area contributed by atoms with Crippen molar-refractivity contribution in [2.45, 2.75) is 6.61 Å². The van der Waals surface area contributed by atoms with Gasteiger partial charge >= 0.3 is 0 Å². The third-order valence-corrected chi connectivity index (χ3v) is 5.85. The van der Waals surface area contributed by atoms with Crippen LogP contribution in [0.2, 0.25) is 0 Å². The number of halogens is 2. The summed E-state index contributed by atoms with van der Waals surface area (Å²) in [5.41, 5.74) is 2.03. The molecule has 1 fully saturated rings. The van der Waals surface area contributed by atoms with Gasteiger partial charge < -0.3 is 29.3 Å². The topological polar surface area (TPSA) is 95.4 Å². The number of benzene rings is 3. The molecule has 3 aromatic carbocycles. The number of methoxy groups -OCH3 is 1. The molecule has 5 rings (SSSR count). The fourth-order valence-electron chi connectivity index (χ4n) is 4.05. The standard InChI is InChI=1S/C25H26N4O3.2ClH.H2O/c1-28-12-14-29(15-13-28)22-8-5-6-18-10-11-19(16-21(18)22)31-17-24-26-25(27-32-24)20-7-3-4-9-23(20)30-2;;;/h3-11,16H,12-15,17H2,1-2H3;2*1H;1H2. The van der Waals surface area contributed by atoms with Crippen molar-refractivity contribution in [3.8, 4) is 22.9 Å². The molecule has 0 radical (unpaired) electrons. The first-order valence-corrected chi connectivity index (χ1v) is 10.8. The molecule has 0 amide bonds. The molecule has 35 heavy (non-hydrogen) atoms. The van der Waals surface area contributed by atoms with Crippen LogP contribution in [0.5, 0.6) is 11.5 Å². The number of nitrogens with zero attached hydrogens (tertiary/aromatic N) is 4. The molecule has 1 aliphatic rings. The second-order valence-corrected chi connectivity index (χ2v) is 7.95. The number of ether oxygens (including phenoxy) is 2. The molecule has 0 bridgehead atoms. The van der Waals surface area contributed by atoms with Crippen LogP contribution in [0.15, 0.2) is 65.2 Å². The van der Waals surface area contributed by atoms with E-state index in [0.29, 0.717) is 17.5 Å². The highest BCUT2D eigenvalue weighted by molar-refractivity contribution is 5.95. The number of para-hydroxylation sites is 1. The lowest BCUT2D eigenvalue weighted by Crippen LogP contribution is -2.44. The van der Waals surface area contributed by atoms with Crippen LogP contribution in [0.3, 0.4) is 0 Å². The first-order chi connectivity index (χ1) is 15.7. The van der Waals surface area contributed by atoms with Gasteiger partial charge in [-0.05, 0) is 42.8 Å². The number of likely N-dealkylation sites (N-methyl/N-ethyl adjacent to an activating group) is 1. The van der Waals surface area contributed by atoms with Gasteiger partial charge in [0.25, 0.3) is 5.89 Å². The van der Waals surface area contributed by atoms with Crippen molar-refractivity contribution >= 4 is 41.3 Å². The van der Waals surface area contributed by atoms with Crippen molar-refractivity contribution in [3.05, 3.63) is 66.6 Å². The summed E-state index contributed by atoms with van der Waals surface area (Å²) in [6.07, 6.45) is 0. The van der Waals surface area contributed by atoms with Crippen LogP contribution in [-0.4, -0.2) is 60.9 Å². The molecule has 10 heteroatoms. The van der Waals surface area contributed by atoms with Gasteiger partial charge in [-0.25, -0.2) is 0 Å². The maximum atomic E-state index is 6.01. The van der Waals surface area contributed by atoms with Crippen molar-refractivity contribution in [3.63, 3.8) is 0 Å². The van der Waals surface area contributed by atoms with Crippen molar-refractivity contribution in [1.82, 2.24) is 15.0 Å². The third-order valence-electron chi connectivity index (χ3n) is 5.85. The average molecular weight is 521 g/mol. The van der Waals surface area contributed by atoms with E-state index in [1.165, 1.54) is 16.5 Å². The van der Waals surface area contributed by atoms with Crippen LogP contribution < -0.4 is 14.4 Å². The quantitative estimate of drug-likeness (QED) is 0.374. The molecule has 0 aliphatic carbocycles. The molecule has 188 valence electrons. The minimum atomic E-state index is 0. The fraction of sp³-hybridized carbons (Fsp3) is 0.280. The highest BCUT2D eigenvalue weighted by Crippen LogP contribution is 2.31. The predicted molar refractivity (Wildman–Crippen MR) is 142 cm³/mol. The SMILES string of the molecule is COc1ccccc1-c1noc(COc2ccc3cccc(N4CCN(C)CC4)c3c2)n1.Cl.Cl.O.